The maximum absolute atomic E-state index is 13.0. The summed E-state index contributed by atoms with van der Waals surface area (Å²) in [5.74, 6) is -2.27. The molecule has 0 radical (unpaired) electrons. The first kappa shape index (κ1) is 31.7. The van der Waals surface area contributed by atoms with Gasteiger partial charge in [0, 0.05) is 17.7 Å². The maximum Gasteiger partial charge on any atom is 0.238 e. The smallest absolute Gasteiger partial charge is 0.238 e. The van der Waals surface area contributed by atoms with Crippen molar-refractivity contribution >= 4 is 11.0 Å². The lowest BCUT2D eigenvalue weighted by atomic mass is 9.97. The van der Waals surface area contributed by atoms with Crippen LogP contribution in [0.3, 0.4) is 0 Å². The molecule has 240 valence electrons. The number of phenolic OH excluding ortho intramolecular Hbond substituents is 2. The Kier molecular flexibility index (Phi) is 8.90. The number of aromatic hydroxyl groups is 3. The summed E-state index contributed by atoms with van der Waals surface area (Å²) < 4.78 is 33.3. The maximum atomic E-state index is 13.0. The molecular formula is C28H32O16. The predicted molar refractivity (Wildman–Crippen MR) is 145 cm³/mol. The predicted octanol–water partition coefficient (Wildman–Crippen LogP) is -1.38. The summed E-state index contributed by atoms with van der Waals surface area (Å²) >= 11 is 0. The third kappa shape index (κ3) is 5.63. The van der Waals surface area contributed by atoms with Gasteiger partial charge in [0.15, 0.2) is 29.7 Å². The summed E-state index contributed by atoms with van der Waals surface area (Å²) in [6, 6.07) is 6.02. The van der Waals surface area contributed by atoms with Gasteiger partial charge >= 0.3 is 0 Å². The number of phenols is 2. The van der Waals surface area contributed by atoms with Crippen molar-refractivity contribution in [3.8, 4) is 40.1 Å². The molecule has 16 heteroatoms. The van der Waals surface area contributed by atoms with E-state index in [4.69, 9.17) is 28.1 Å². The molecule has 10 atom stereocenters. The molecule has 3 heterocycles. The number of rotatable bonds is 7. The molecule has 2 fully saturated rings. The van der Waals surface area contributed by atoms with Crippen LogP contribution in [0.5, 0.6) is 28.7 Å². The summed E-state index contributed by atoms with van der Waals surface area (Å²) in [4.78, 5) is 13.0. The summed E-state index contributed by atoms with van der Waals surface area (Å²) in [6.07, 6.45) is -15.7. The zero-order valence-electron chi connectivity index (χ0n) is 23.3. The van der Waals surface area contributed by atoms with E-state index in [2.05, 4.69) is 0 Å². The highest BCUT2D eigenvalue weighted by Crippen LogP contribution is 2.39. The highest BCUT2D eigenvalue weighted by atomic mass is 16.8. The van der Waals surface area contributed by atoms with E-state index in [1.807, 2.05) is 0 Å². The van der Waals surface area contributed by atoms with Gasteiger partial charge in [-0.2, -0.15) is 0 Å². The largest absolute Gasteiger partial charge is 0.507 e. The molecule has 1 aromatic heterocycles. The molecule has 2 aromatic carbocycles. The Balaban J connectivity index is 1.51. The molecule has 44 heavy (non-hydrogen) atoms. The van der Waals surface area contributed by atoms with Gasteiger partial charge in [0.1, 0.15) is 59.1 Å². The highest BCUT2D eigenvalue weighted by Gasteiger charge is 2.51. The third-order valence-corrected chi connectivity index (χ3v) is 7.54. The monoisotopic (exact) mass is 624 g/mol. The number of aliphatic hydroxyl groups excluding tert-OH is 6. The number of hydrogen-bond acceptors (Lipinski definition) is 16. The standard InChI is InChI=1S/C28H32O16/c1-9-18(32)21(35)24(38)27(40-9)44-26-22(36)19(33)16(8-29)43-28(26)41-11-6-13(31)17-15(7-11)42-25(23(37)20(17)34)10-3-4-12(30)14(5-10)39-2/h3-7,9,16,18-19,21-22,24,26-33,35-38H,8H2,1-2H3/t9-,16+,18-,19+,21+,22-,24+,26+,27-,28+/m0/s1. The molecule has 2 saturated heterocycles. The Morgan fingerprint density at radius 3 is 2.25 bits per heavy atom. The van der Waals surface area contributed by atoms with Crippen molar-refractivity contribution in [2.24, 2.45) is 0 Å². The minimum absolute atomic E-state index is 0.0211. The van der Waals surface area contributed by atoms with Crippen LogP contribution >= 0.6 is 0 Å². The Labute approximate surface area is 248 Å². The van der Waals surface area contributed by atoms with E-state index in [9.17, 15) is 50.8 Å². The van der Waals surface area contributed by atoms with Crippen LogP contribution in [-0.2, 0) is 14.2 Å². The topological polar surface area (TPSA) is 258 Å². The van der Waals surface area contributed by atoms with Crippen molar-refractivity contribution in [3.63, 3.8) is 0 Å². The Hall–Kier alpha value is -3.71. The molecule has 2 aliphatic heterocycles. The molecule has 0 bridgehead atoms. The van der Waals surface area contributed by atoms with Crippen molar-refractivity contribution in [2.75, 3.05) is 13.7 Å². The molecular weight excluding hydrogens is 592 g/mol. The van der Waals surface area contributed by atoms with Crippen molar-refractivity contribution in [2.45, 2.75) is 68.3 Å². The highest BCUT2D eigenvalue weighted by molar-refractivity contribution is 5.88. The van der Waals surface area contributed by atoms with Crippen molar-refractivity contribution in [1.29, 1.82) is 0 Å². The zero-order valence-corrected chi connectivity index (χ0v) is 23.3. The number of hydrogen-bond donors (Lipinski definition) is 9. The summed E-state index contributed by atoms with van der Waals surface area (Å²) in [7, 11) is 1.30. The second-order valence-electron chi connectivity index (χ2n) is 10.4. The van der Waals surface area contributed by atoms with E-state index < -0.39 is 90.3 Å². The molecule has 0 aliphatic carbocycles. The summed E-state index contributed by atoms with van der Waals surface area (Å²) in [6.45, 7) is 0.645. The molecule has 0 unspecified atom stereocenters. The minimum atomic E-state index is -1.80. The number of ether oxygens (including phenoxy) is 5. The molecule has 2 aliphatic rings. The second kappa shape index (κ2) is 12.4. The van der Waals surface area contributed by atoms with E-state index in [1.165, 1.54) is 32.2 Å². The van der Waals surface area contributed by atoms with Crippen molar-refractivity contribution < 1.29 is 74.1 Å². The molecule has 3 aromatic rings. The molecule has 5 rings (SSSR count). The van der Waals surface area contributed by atoms with Crippen molar-refractivity contribution in [1.82, 2.24) is 0 Å². The number of benzene rings is 2. The van der Waals surface area contributed by atoms with Crippen LogP contribution in [0.25, 0.3) is 22.3 Å². The van der Waals surface area contributed by atoms with Gasteiger partial charge in [0.25, 0.3) is 0 Å². The number of methoxy groups -OCH3 is 1. The van der Waals surface area contributed by atoms with Crippen LogP contribution in [0.2, 0.25) is 0 Å². The second-order valence-corrected chi connectivity index (χ2v) is 10.4. The first-order valence-corrected chi connectivity index (χ1v) is 13.4. The lowest BCUT2D eigenvalue weighted by molar-refractivity contribution is -0.354. The van der Waals surface area contributed by atoms with Crippen LogP contribution in [0.1, 0.15) is 6.92 Å². The Bertz CT molecular complexity index is 1560. The van der Waals surface area contributed by atoms with Gasteiger partial charge in [-0.15, -0.1) is 0 Å². The molecule has 0 amide bonds. The molecule has 16 nitrogen and oxygen atoms in total. The first-order chi connectivity index (χ1) is 20.9. The van der Waals surface area contributed by atoms with Gasteiger partial charge in [0.05, 0.1) is 19.8 Å². The molecule has 0 saturated carbocycles. The Morgan fingerprint density at radius 1 is 0.841 bits per heavy atom. The summed E-state index contributed by atoms with van der Waals surface area (Å²) in [5, 5.41) is 92.3. The fourth-order valence-corrected chi connectivity index (χ4v) is 5.06. The van der Waals surface area contributed by atoms with Gasteiger partial charge in [0.2, 0.25) is 17.5 Å². The van der Waals surface area contributed by atoms with Crippen LogP contribution in [0.4, 0.5) is 0 Å². The van der Waals surface area contributed by atoms with E-state index in [0.29, 0.717) is 0 Å². The average molecular weight is 625 g/mol. The van der Waals surface area contributed by atoms with Gasteiger partial charge in [-0.3, -0.25) is 4.79 Å². The normalized spacial score (nSPS) is 32.5. The van der Waals surface area contributed by atoms with E-state index >= 15 is 0 Å². The zero-order chi connectivity index (χ0) is 32.0. The average Bonchev–Trinajstić information content (AvgIpc) is 3.00. The van der Waals surface area contributed by atoms with E-state index in [1.54, 1.807) is 0 Å². The van der Waals surface area contributed by atoms with Crippen molar-refractivity contribution in [3.05, 3.63) is 40.6 Å². The van der Waals surface area contributed by atoms with Gasteiger partial charge < -0.3 is 74.1 Å². The van der Waals surface area contributed by atoms with Gasteiger partial charge in [-0.25, -0.2) is 0 Å². The number of aliphatic hydroxyl groups is 6. The quantitative estimate of drug-likeness (QED) is 0.147. The fraction of sp³-hybridized carbons (Fsp3) is 0.464. The SMILES string of the molecule is COc1cc(-c2oc3cc(O[C@@H]4O[C@H](CO)[C@@H](O)[C@H](O)[C@H]4O[C@@H]4O[C@@H](C)[C@H](O)[C@@H](O)[C@H]4O)cc(O)c3c(=O)c2O)ccc1O. The van der Waals surface area contributed by atoms with Crippen LogP contribution in [0.15, 0.2) is 39.5 Å². The lowest BCUT2D eigenvalue weighted by Crippen LogP contribution is -2.64. The van der Waals surface area contributed by atoms with Crippen LogP contribution in [0, 0.1) is 0 Å². The fourth-order valence-electron chi connectivity index (χ4n) is 5.06. The first-order valence-electron chi connectivity index (χ1n) is 13.4. The summed E-state index contributed by atoms with van der Waals surface area (Å²) in [5.41, 5.74) is -1.12. The van der Waals surface area contributed by atoms with E-state index in [0.717, 1.165) is 12.1 Å². The molecule has 0 spiro atoms. The van der Waals surface area contributed by atoms with Gasteiger partial charge in [-0.1, -0.05) is 0 Å². The lowest BCUT2D eigenvalue weighted by Gasteiger charge is -2.45. The Morgan fingerprint density at radius 2 is 1.57 bits per heavy atom. The van der Waals surface area contributed by atoms with Gasteiger partial charge in [-0.05, 0) is 25.1 Å². The van der Waals surface area contributed by atoms with Crippen LogP contribution < -0.4 is 14.9 Å². The van der Waals surface area contributed by atoms with Crippen LogP contribution in [-0.4, -0.2) is 121 Å². The molecule has 9 N–H and O–H groups in total. The van der Waals surface area contributed by atoms with E-state index in [-0.39, 0.29) is 34.2 Å². The minimum Gasteiger partial charge on any atom is -0.507 e. The third-order valence-electron chi connectivity index (χ3n) is 7.54. The number of fused-ring (bicyclic) bond motifs is 1.